The molecule has 13 heavy (non-hydrogen) atoms. The van der Waals surface area contributed by atoms with Crippen molar-refractivity contribution in [1.29, 1.82) is 0 Å². The Morgan fingerprint density at radius 2 is 2.00 bits per heavy atom. The summed E-state index contributed by atoms with van der Waals surface area (Å²) < 4.78 is 0. The van der Waals surface area contributed by atoms with Gasteiger partial charge in [0.2, 0.25) is 0 Å². The summed E-state index contributed by atoms with van der Waals surface area (Å²) in [6.07, 6.45) is 2.87. The minimum absolute atomic E-state index is 0.349. The maximum Gasteiger partial charge on any atom is 0.155 e. The first-order valence-corrected chi connectivity index (χ1v) is 5.68. The van der Waals surface area contributed by atoms with Crippen molar-refractivity contribution in [2.75, 3.05) is 0 Å². The number of carbonyl (C=O) groups excluding carboxylic acids is 1. The van der Waals surface area contributed by atoms with Crippen molar-refractivity contribution in [3.63, 3.8) is 0 Å². The zero-order valence-corrected chi connectivity index (χ0v) is 8.92. The van der Waals surface area contributed by atoms with Gasteiger partial charge in [-0.25, -0.2) is 0 Å². The zero-order valence-electron chi connectivity index (χ0n) is 7.92. The summed E-state index contributed by atoms with van der Waals surface area (Å²) in [6.45, 7) is 2.11. The van der Waals surface area contributed by atoms with Crippen LogP contribution in [0, 0.1) is 0 Å². The molecule has 0 saturated heterocycles. The van der Waals surface area contributed by atoms with Crippen molar-refractivity contribution in [2.24, 2.45) is 0 Å². The van der Waals surface area contributed by atoms with Gasteiger partial charge in [-0.2, -0.15) is 0 Å². The van der Waals surface area contributed by atoms with E-state index in [9.17, 15) is 4.79 Å². The third-order valence-electron chi connectivity index (χ3n) is 1.81. The van der Waals surface area contributed by atoms with Gasteiger partial charge in [0.05, 0.1) is 0 Å². The highest BCUT2D eigenvalue weighted by Crippen LogP contribution is 2.15. The Balaban J connectivity index is 2.37. The fourth-order valence-electron chi connectivity index (χ4n) is 1.08. The number of unbranched alkanes of at least 4 members (excludes halogenated alkanes) is 1. The van der Waals surface area contributed by atoms with Crippen molar-refractivity contribution in [2.45, 2.75) is 26.2 Å². The second-order valence-electron chi connectivity index (χ2n) is 3.02. The minimum Gasteiger partial charge on any atom is -0.295 e. The average Bonchev–Trinajstić information content (AvgIpc) is 2.16. The van der Waals surface area contributed by atoms with Gasteiger partial charge in [0.15, 0.2) is 5.52 Å². The number of benzene rings is 1. The summed E-state index contributed by atoms with van der Waals surface area (Å²) in [5.74, 6) is 0. The highest BCUT2D eigenvalue weighted by atomic mass is 31.1. The molecule has 0 aliphatic heterocycles. The van der Waals surface area contributed by atoms with Crippen LogP contribution in [0.5, 0.6) is 0 Å². The predicted molar refractivity (Wildman–Crippen MR) is 58.9 cm³/mol. The van der Waals surface area contributed by atoms with Crippen LogP contribution in [0.2, 0.25) is 0 Å². The highest BCUT2D eigenvalue weighted by molar-refractivity contribution is 7.65. The molecule has 0 saturated carbocycles. The summed E-state index contributed by atoms with van der Waals surface area (Å²) in [5.41, 5.74) is 0.382. The van der Waals surface area contributed by atoms with Gasteiger partial charge in [-0.05, 0) is 20.3 Å². The lowest BCUT2D eigenvalue weighted by Crippen LogP contribution is -1.98. The van der Waals surface area contributed by atoms with Crippen LogP contribution in [0.15, 0.2) is 30.3 Å². The average molecular weight is 194 g/mol. The second kappa shape index (κ2) is 5.88. The van der Waals surface area contributed by atoms with Crippen molar-refractivity contribution >= 4 is 19.4 Å². The Hall–Kier alpha value is -0.680. The molecule has 1 atom stereocenters. The molecule has 0 radical (unpaired) electrons. The molecule has 0 aliphatic rings. The molecule has 0 N–H and O–H groups in total. The lowest BCUT2D eigenvalue weighted by molar-refractivity contribution is -0.111. The van der Waals surface area contributed by atoms with Gasteiger partial charge in [-0.1, -0.05) is 43.7 Å². The largest absolute Gasteiger partial charge is 0.295 e. The van der Waals surface area contributed by atoms with Crippen LogP contribution < -0.4 is 5.30 Å². The summed E-state index contributed by atoms with van der Waals surface area (Å²) in [7, 11) is 0.349. The molecular formula is C11H15OP. The summed E-state index contributed by atoms with van der Waals surface area (Å²) in [5, 5.41) is 1.16. The number of rotatable bonds is 5. The molecule has 1 aromatic rings. The Morgan fingerprint density at radius 1 is 1.31 bits per heavy atom. The van der Waals surface area contributed by atoms with E-state index >= 15 is 0 Å². The topological polar surface area (TPSA) is 17.1 Å². The molecule has 0 amide bonds. The Kier molecular flexibility index (Phi) is 4.70. The lowest BCUT2D eigenvalue weighted by Gasteiger charge is -1.99. The standard InChI is InChI=1S/C11H15OP/c1-2-3-9-11(12)13-10-7-5-4-6-8-10/h4-8,13H,2-3,9H2,1H3. The van der Waals surface area contributed by atoms with Gasteiger partial charge in [-0.3, -0.25) is 4.79 Å². The fourth-order valence-corrected chi connectivity index (χ4v) is 2.07. The zero-order chi connectivity index (χ0) is 9.52. The van der Waals surface area contributed by atoms with E-state index in [2.05, 4.69) is 6.92 Å². The maximum atomic E-state index is 11.4. The highest BCUT2D eigenvalue weighted by Gasteiger charge is 2.01. The first-order chi connectivity index (χ1) is 6.33. The van der Waals surface area contributed by atoms with Crippen LogP contribution in [0.3, 0.4) is 0 Å². The Labute approximate surface area is 81.3 Å². The molecule has 1 nitrogen and oxygen atoms in total. The number of carbonyl (C=O) groups is 1. The van der Waals surface area contributed by atoms with Gasteiger partial charge in [-0.15, -0.1) is 0 Å². The van der Waals surface area contributed by atoms with Crippen LogP contribution >= 0.6 is 8.58 Å². The van der Waals surface area contributed by atoms with Crippen LogP contribution in [0.25, 0.3) is 0 Å². The molecule has 0 aromatic heterocycles. The molecule has 2 heteroatoms. The molecular weight excluding hydrogens is 179 g/mol. The molecule has 1 aromatic carbocycles. The van der Waals surface area contributed by atoms with Crippen molar-refractivity contribution in [3.05, 3.63) is 30.3 Å². The third-order valence-corrected chi connectivity index (χ3v) is 2.97. The van der Waals surface area contributed by atoms with Gasteiger partial charge in [0.25, 0.3) is 0 Å². The van der Waals surface area contributed by atoms with E-state index in [0.29, 0.717) is 14.1 Å². The SMILES string of the molecule is CCCCC(=O)Pc1ccccc1. The van der Waals surface area contributed by atoms with Crippen LogP contribution in [-0.2, 0) is 4.79 Å². The van der Waals surface area contributed by atoms with E-state index in [4.69, 9.17) is 0 Å². The first kappa shape index (κ1) is 10.4. The molecule has 0 bridgehead atoms. The molecule has 1 unspecified atom stereocenters. The van der Waals surface area contributed by atoms with E-state index in [1.165, 1.54) is 0 Å². The van der Waals surface area contributed by atoms with Crippen molar-refractivity contribution in [1.82, 2.24) is 0 Å². The van der Waals surface area contributed by atoms with Gasteiger partial charge in [0.1, 0.15) is 0 Å². The quantitative estimate of drug-likeness (QED) is 0.658. The Bertz CT molecular complexity index is 256. The first-order valence-electron chi connectivity index (χ1n) is 4.68. The maximum absolute atomic E-state index is 11.4. The molecule has 0 heterocycles. The van der Waals surface area contributed by atoms with Crippen molar-refractivity contribution < 1.29 is 4.79 Å². The molecule has 0 spiro atoms. The molecule has 70 valence electrons. The number of hydrogen-bond acceptors (Lipinski definition) is 1. The minimum atomic E-state index is 0.349. The smallest absolute Gasteiger partial charge is 0.155 e. The van der Waals surface area contributed by atoms with Crippen molar-refractivity contribution in [3.8, 4) is 0 Å². The second-order valence-corrected chi connectivity index (χ2v) is 4.40. The summed E-state index contributed by atoms with van der Waals surface area (Å²) in [6, 6.07) is 9.97. The van der Waals surface area contributed by atoms with Crippen LogP contribution in [-0.4, -0.2) is 5.52 Å². The summed E-state index contributed by atoms with van der Waals surface area (Å²) >= 11 is 0. The third kappa shape index (κ3) is 4.19. The molecule has 1 rings (SSSR count). The number of hydrogen-bond donors (Lipinski definition) is 0. The van der Waals surface area contributed by atoms with Crippen LogP contribution in [0.4, 0.5) is 0 Å². The monoisotopic (exact) mass is 194 g/mol. The lowest BCUT2D eigenvalue weighted by atomic mass is 10.3. The van der Waals surface area contributed by atoms with Gasteiger partial charge in [0, 0.05) is 6.42 Å². The van der Waals surface area contributed by atoms with Crippen LogP contribution in [0.1, 0.15) is 26.2 Å². The molecule has 0 fully saturated rings. The Morgan fingerprint density at radius 3 is 2.62 bits per heavy atom. The molecule has 0 aliphatic carbocycles. The van der Waals surface area contributed by atoms with E-state index < -0.39 is 0 Å². The predicted octanol–water partition coefficient (Wildman–Crippen LogP) is 2.71. The van der Waals surface area contributed by atoms with E-state index in [1.807, 2.05) is 30.3 Å². The fraction of sp³-hybridized carbons (Fsp3) is 0.364. The van der Waals surface area contributed by atoms with E-state index in [1.54, 1.807) is 0 Å². The van der Waals surface area contributed by atoms with E-state index in [-0.39, 0.29) is 0 Å². The van der Waals surface area contributed by atoms with Gasteiger partial charge >= 0.3 is 0 Å². The van der Waals surface area contributed by atoms with Gasteiger partial charge < -0.3 is 0 Å². The van der Waals surface area contributed by atoms with E-state index in [0.717, 1.165) is 24.6 Å². The normalized spacial score (nSPS) is 10.8. The summed E-state index contributed by atoms with van der Waals surface area (Å²) in [4.78, 5) is 11.4.